The normalized spacial score (nSPS) is 13.8. The summed E-state index contributed by atoms with van der Waals surface area (Å²) in [4.78, 5) is 19.6. The summed E-state index contributed by atoms with van der Waals surface area (Å²) >= 11 is 0. The van der Waals surface area contributed by atoms with E-state index in [9.17, 15) is 4.79 Å². The molecular formula is C13H15N5O2. The SMILES string of the molecule is O=C(NCCn1ncc2c1CCOC2)c1cnccn1. The molecule has 0 radical (unpaired) electrons. The first-order valence-corrected chi connectivity index (χ1v) is 6.50. The van der Waals surface area contributed by atoms with E-state index in [1.807, 2.05) is 10.9 Å². The average molecular weight is 273 g/mol. The van der Waals surface area contributed by atoms with Crippen LogP contribution in [0, 0.1) is 0 Å². The van der Waals surface area contributed by atoms with Gasteiger partial charge in [0.1, 0.15) is 5.69 Å². The van der Waals surface area contributed by atoms with E-state index in [0.29, 0.717) is 25.4 Å². The Morgan fingerprint density at radius 1 is 1.40 bits per heavy atom. The zero-order valence-electron chi connectivity index (χ0n) is 11.0. The zero-order valence-corrected chi connectivity index (χ0v) is 11.0. The van der Waals surface area contributed by atoms with Gasteiger partial charge in [0.2, 0.25) is 0 Å². The lowest BCUT2D eigenvalue weighted by molar-refractivity contribution is 0.0945. The molecule has 0 spiro atoms. The van der Waals surface area contributed by atoms with Gasteiger partial charge in [-0.15, -0.1) is 0 Å². The van der Waals surface area contributed by atoms with Crippen LogP contribution in [-0.4, -0.2) is 38.8 Å². The van der Waals surface area contributed by atoms with Crippen molar-refractivity contribution in [3.63, 3.8) is 0 Å². The van der Waals surface area contributed by atoms with Gasteiger partial charge in [-0.2, -0.15) is 5.10 Å². The lowest BCUT2D eigenvalue weighted by Gasteiger charge is -2.14. The number of fused-ring (bicyclic) bond motifs is 1. The summed E-state index contributed by atoms with van der Waals surface area (Å²) in [6.45, 7) is 2.50. The van der Waals surface area contributed by atoms with Crippen molar-refractivity contribution in [2.75, 3.05) is 13.2 Å². The molecule has 7 heteroatoms. The second-order valence-corrected chi connectivity index (χ2v) is 4.49. The number of nitrogens with zero attached hydrogens (tertiary/aromatic N) is 4. The highest BCUT2D eigenvalue weighted by Crippen LogP contribution is 2.15. The molecule has 1 aliphatic rings. The molecular weight excluding hydrogens is 258 g/mol. The van der Waals surface area contributed by atoms with Crippen molar-refractivity contribution in [3.05, 3.63) is 41.7 Å². The minimum atomic E-state index is -0.220. The van der Waals surface area contributed by atoms with Gasteiger partial charge < -0.3 is 10.1 Å². The van der Waals surface area contributed by atoms with Crippen molar-refractivity contribution in [2.45, 2.75) is 19.6 Å². The largest absolute Gasteiger partial charge is 0.376 e. The van der Waals surface area contributed by atoms with E-state index < -0.39 is 0 Å². The predicted molar refractivity (Wildman–Crippen MR) is 70.0 cm³/mol. The number of amides is 1. The molecule has 2 aromatic rings. The van der Waals surface area contributed by atoms with Crippen LogP contribution in [0.5, 0.6) is 0 Å². The summed E-state index contributed by atoms with van der Waals surface area (Å²) in [6, 6.07) is 0. The van der Waals surface area contributed by atoms with E-state index >= 15 is 0 Å². The van der Waals surface area contributed by atoms with Gasteiger partial charge in [0.15, 0.2) is 0 Å². The molecule has 0 unspecified atom stereocenters. The van der Waals surface area contributed by atoms with Crippen LogP contribution in [0.15, 0.2) is 24.8 Å². The standard InChI is InChI=1S/C13H15N5O2/c19-13(11-8-14-2-3-15-11)16-4-5-18-12-1-6-20-9-10(12)7-17-18/h2-3,7-8H,1,4-6,9H2,(H,16,19). The van der Waals surface area contributed by atoms with E-state index in [0.717, 1.165) is 18.6 Å². The topological polar surface area (TPSA) is 81.9 Å². The van der Waals surface area contributed by atoms with Gasteiger partial charge in [0.25, 0.3) is 5.91 Å². The van der Waals surface area contributed by atoms with Crippen LogP contribution in [-0.2, 0) is 24.3 Å². The highest BCUT2D eigenvalue weighted by atomic mass is 16.5. The Hall–Kier alpha value is -2.28. The molecule has 7 nitrogen and oxygen atoms in total. The molecule has 3 rings (SSSR count). The molecule has 0 aromatic carbocycles. The molecule has 0 fully saturated rings. The molecule has 0 saturated heterocycles. The third-order valence-electron chi connectivity index (χ3n) is 3.18. The molecule has 1 amide bonds. The van der Waals surface area contributed by atoms with E-state index in [2.05, 4.69) is 20.4 Å². The first-order chi connectivity index (χ1) is 9.84. The Morgan fingerprint density at radius 2 is 2.35 bits per heavy atom. The Balaban J connectivity index is 1.55. The molecule has 1 N–H and O–H groups in total. The van der Waals surface area contributed by atoms with E-state index in [1.54, 1.807) is 0 Å². The fraction of sp³-hybridized carbons (Fsp3) is 0.385. The summed E-state index contributed by atoms with van der Waals surface area (Å²) in [6.07, 6.45) is 7.18. The number of carbonyl (C=O) groups excluding carboxylic acids is 1. The van der Waals surface area contributed by atoms with Gasteiger partial charge in [-0.05, 0) is 0 Å². The number of aromatic nitrogens is 4. The Bertz CT molecular complexity index is 596. The summed E-state index contributed by atoms with van der Waals surface area (Å²) in [7, 11) is 0. The number of rotatable bonds is 4. The molecule has 3 heterocycles. The summed E-state index contributed by atoms with van der Waals surface area (Å²) in [5.41, 5.74) is 2.66. The van der Waals surface area contributed by atoms with Crippen LogP contribution in [0.3, 0.4) is 0 Å². The van der Waals surface area contributed by atoms with Gasteiger partial charge in [0, 0.05) is 36.6 Å². The fourth-order valence-electron chi connectivity index (χ4n) is 2.19. The van der Waals surface area contributed by atoms with Crippen molar-refractivity contribution >= 4 is 5.91 Å². The van der Waals surface area contributed by atoms with Crippen LogP contribution >= 0.6 is 0 Å². The predicted octanol–water partition coefficient (Wildman–Crippen LogP) is 0.176. The van der Waals surface area contributed by atoms with Crippen LogP contribution < -0.4 is 5.32 Å². The van der Waals surface area contributed by atoms with Gasteiger partial charge in [-0.25, -0.2) is 4.98 Å². The molecule has 1 aliphatic heterocycles. The van der Waals surface area contributed by atoms with Gasteiger partial charge in [-0.3, -0.25) is 14.5 Å². The Labute approximate surface area is 116 Å². The number of hydrogen-bond acceptors (Lipinski definition) is 5. The van der Waals surface area contributed by atoms with Gasteiger partial charge in [-0.1, -0.05) is 0 Å². The zero-order chi connectivity index (χ0) is 13.8. The highest BCUT2D eigenvalue weighted by molar-refractivity contribution is 5.91. The van der Waals surface area contributed by atoms with Crippen molar-refractivity contribution in [3.8, 4) is 0 Å². The van der Waals surface area contributed by atoms with Crippen LogP contribution in [0.2, 0.25) is 0 Å². The molecule has 0 atom stereocenters. The molecule has 2 aromatic heterocycles. The fourth-order valence-corrected chi connectivity index (χ4v) is 2.19. The smallest absolute Gasteiger partial charge is 0.271 e. The van der Waals surface area contributed by atoms with Crippen LogP contribution in [0.4, 0.5) is 0 Å². The second-order valence-electron chi connectivity index (χ2n) is 4.49. The number of hydrogen-bond donors (Lipinski definition) is 1. The third kappa shape index (κ3) is 2.67. The summed E-state index contributed by atoms with van der Waals surface area (Å²) in [5.74, 6) is -0.220. The maximum Gasteiger partial charge on any atom is 0.271 e. The van der Waals surface area contributed by atoms with Crippen molar-refractivity contribution in [1.82, 2.24) is 25.1 Å². The maximum absolute atomic E-state index is 11.8. The van der Waals surface area contributed by atoms with E-state index in [1.165, 1.54) is 24.3 Å². The maximum atomic E-state index is 11.8. The van der Waals surface area contributed by atoms with Crippen molar-refractivity contribution in [2.24, 2.45) is 0 Å². The van der Waals surface area contributed by atoms with Crippen LogP contribution in [0.25, 0.3) is 0 Å². The molecule has 104 valence electrons. The minimum Gasteiger partial charge on any atom is -0.376 e. The summed E-state index contributed by atoms with van der Waals surface area (Å²) in [5, 5.41) is 7.14. The summed E-state index contributed by atoms with van der Waals surface area (Å²) < 4.78 is 7.30. The third-order valence-corrected chi connectivity index (χ3v) is 3.18. The second kappa shape index (κ2) is 5.79. The van der Waals surface area contributed by atoms with Crippen molar-refractivity contribution < 1.29 is 9.53 Å². The highest BCUT2D eigenvalue weighted by Gasteiger charge is 2.15. The van der Waals surface area contributed by atoms with E-state index in [-0.39, 0.29) is 5.91 Å². The first-order valence-electron chi connectivity index (χ1n) is 6.50. The molecule has 0 bridgehead atoms. The lowest BCUT2D eigenvalue weighted by atomic mass is 10.2. The molecule has 0 saturated carbocycles. The Morgan fingerprint density at radius 3 is 3.20 bits per heavy atom. The van der Waals surface area contributed by atoms with Crippen molar-refractivity contribution in [1.29, 1.82) is 0 Å². The lowest BCUT2D eigenvalue weighted by Crippen LogP contribution is -2.29. The minimum absolute atomic E-state index is 0.220. The van der Waals surface area contributed by atoms with Gasteiger partial charge in [0.05, 0.1) is 32.2 Å². The Kier molecular flexibility index (Phi) is 3.69. The van der Waals surface area contributed by atoms with Gasteiger partial charge >= 0.3 is 0 Å². The molecule has 20 heavy (non-hydrogen) atoms. The number of nitrogens with one attached hydrogen (secondary N) is 1. The first kappa shape index (κ1) is 12.7. The monoisotopic (exact) mass is 273 g/mol. The van der Waals surface area contributed by atoms with Crippen LogP contribution in [0.1, 0.15) is 21.7 Å². The van der Waals surface area contributed by atoms with E-state index in [4.69, 9.17) is 4.74 Å². The number of carbonyl (C=O) groups is 1. The average Bonchev–Trinajstić information content (AvgIpc) is 2.92. The molecule has 0 aliphatic carbocycles. The quantitative estimate of drug-likeness (QED) is 0.859. The number of ether oxygens (including phenoxy) is 1.